The van der Waals surface area contributed by atoms with Crippen LogP contribution < -0.4 is 5.56 Å². The number of ether oxygens (including phenoxy) is 1. The van der Waals surface area contributed by atoms with Gasteiger partial charge in [-0.2, -0.15) is 0 Å². The van der Waals surface area contributed by atoms with Crippen molar-refractivity contribution in [2.75, 3.05) is 25.3 Å². The summed E-state index contributed by atoms with van der Waals surface area (Å²) in [5.41, 5.74) is 0.965. The van der Waals surface area contributed by atoms with E-state index in [1.165, 1.54) is 29.2 Å². The van der Waals surface area contributed by atoms with Crippen molar-refractivity contribution in [1.82, 2.24) is 9.88 Å². The molecule has 10 heteroatoms. The Bertz CT molecular complexity index is 1300. The Kier molecular flexibility index (Phi) is 9.77. The Morgan fingerprint density at radius 2 is 1.70 bits per heavy atom. The van der Waals surface area contributed by atoms with Crippen molar-refractivity contribution in [3.63, 3.8) is 0 Å². The fourth-order valence-electron chi connectivity index (χ4n) is 3.35. The Morgan fingerprint density at radius 3 is 2.30 bits per heavy atom. The maximum Gasteiger partial charge on any atom is 0.410 e. The first-order valence-corrected chi connectivity index (χ1v) is 14.4. The van der Waals surface area contributed by atoms with Crippen LogP contribution in [0.25, 0.3) is 10.9 Å². The fraction of sp³-hybridized carbons (Fsp3) is 0.370. The molecule has 0 aliphatic heterocycles. The zero-order valence-corrected chi connectivity index (χ0v) is 22.9. The summed E-state index contributed by atoms with van der Waals surface area (Å²) >= 11 is 0. The third-order valence-corrected chi connectivity index (χ3v) is 4.81. The summed E-state index contributed by atoms with van der Waals surface area (Å²) < 4.78 is 14.1. The van der Waals surface area contributed by atoms with Crippen molar-refractivity contribution in [2.45, 2.75) is 39.3 Å². The standard InChI is InChI=1S/C24H26N2O6.C3H10OS/c1-24(2,3)32-23(31)26(14-15-5-4-6-17(13-15)22(29)30)12-11-16-7-9-19(27)21-18(16)8-10-20(28)25-21;1-5(2,3)4/h4-10,13,27H,11-12,14H2,1-3H3,(H,25,28)(H,29,30);4H,1-3H3. The van der Waals surface area contributed by atoms with E-state index in [1.54, 1.807) is 45.0 Å². The predicted molar refractivity (Wildman–Crippen MR) is 148 cm³/mol. The van der Waals surface area contributed by atoms with Crippen LogP contribution in [0.4, 0.5) is 4.79 Å². The number of aromatic hydroxyl groups is 1. The highest BCUT2D eigenvalue weighted by Crippen LogP contribution is 2.27. The summed E-state index contributed by atoms with van der Waals surface area (Å²) in [7, 11) is -1.17. The molecule has 2 aromatic carbocycles. The summed E-state index contributed by atoms with van der Waals surface area (Å²) in [6.45, 7) is 5.78. The van der Waals surface area contributed by atoms with Gasteiger partial charge >= 0.3 is 12.1 Å². The number of nitrogens with zero attached hydrogens (tertiary/aromatic N) is 1. The van der Waals surface area contributed by atoms with E-state index in [4.69, 9.17) is 9.29 Å². The molecule has 1 aromatic heterocycles. The molecule has 0 atom stereocenters. The zero-order chi connectivity index (χ0) is 28.0. The number of phenols is 1. The Hall–Kier alpha value is -3.50. The number of pyridine rings is 1. The minimum atomic E-state index is -1.17. The number of aromatic carboxylic acids is 1. The number of phenolic OH excluding ortho intramolecular Hbond substituents is 1. The van der Waals surface area contributed by atoms with Crippen LogP contribution in [0, 0.1) is 0 Å². The second-order valence-electron chi connectivity index (χ2n) is 10.3. The Labute approximate surface area is 218 Å². The number of benzene rings is 2. The molecule has 4 N–H and O–H groups in total. The number of fused-ring (bicyclic) bond motifs is 1. The Balaban J connectivity index is 0.000000877. The summed E-state index contributed by atoms with van der Waals surface area (Å²) in [6, 6.07) is 12.7. The highest BCUT2D eigenvalue weighted by Gasteiger charge is 2.23. The van der Waals surface area contributed by atoms with Gasteiger partial charge in [-0.1, -0.05) is 18.2 Å². The predicted octanol–water partition coefficient (Wildman–Crippen LogP) is 5.07. The van der Waals surface area contributed by atoms with Crippen LogP contribution in [0.3, 0.4) is 0 Å². The number of H-pyrrole nitrogens is 1. The molecule has 0 bridgehead atoms. The van der Waals surface area contributed by atoms with Gasteiger partial charge in [0.15, 0.2) is 0 Å². The maximum atomic E-state index is 12.9. The second-order valence-corrected chi connectivity index (χ2v) is 13.8. The third kappa shape index (κ3) is 10.2. The van der Waals surface area contributed by atoms with Crippen molar-refractivity contribution in [2.24, 2.45) is 0 Å². The number of carbonyl (C=O) groups is 2. The summed E-state index contributed by atoms with van der Waals surface area (Å²) in [6.07, 6.45) is 5.39. The van der Waals surface area contributed by atoms with Gasteiger partial charge in [-0.05, 0) is 81.4 Å². The van der Waals surface area contributed by atoms with Gasteiger partial charge in [0.25, 0.3) is 0 Å². The molecule has 0 unspecified atom stereocenters. The van der Waals surface area contributed by atoms with E-state index in [-0.39, 0.29) is 30.0 Å². The molecule has 37 heavy (non-hydrogen) atoms. The first-order valence-electron chi connectivity index (χ1n) is 11.6. The van der Waals surface area contributed by atoms with Gasteiger partial charge in [0.05, 0.1) is 11.1 Å². The lowest BCUT2D eigenvalue weighted by Crippen LogP contribution is -2.37. The van der Waals surface area contributed by atoms with Crippen LogP contribution >= 0.6 is 10.3 Å². The number of aromatic nitrogens is 1. The largest absolute Gasteiger partial charge is 0.506 e. The van der Waals surface area contributed by atoms with Gasteiger partial charge in [0, 0.05) is 24.5 Å². The average molecular weight is 533 g/mol. The van der Waals surface area contributed by atoms with Crippen molar-refractivity contribution in [3.05, 3.63) is 75.6 Å². The number of amides is 1. The molecule has 0 aliphatic rings. The third-order valence-electron chi connectivity index (χ3n) is 4.81. The lowest BCUT2D eigenvalue weighted by molar-refractivity contribution is 0.0236. The average Bonchev–Trinajstić information content (AvgIpc) is 2.76. The summed E-state index contributed by atoms with van der Waals surface area (Å²) in [5, 5.41) is 20.0. The molecule has 202 valence electrons. The number of aromatic amines is 1. The SMILES string of the molecule is CC(C)(C)OC(=O)N(CCc1ccc(O)c2[nH]c(=O)ccc12)Cc1cccc(C(=O)O)c1.CS(C)(C)O. The number of hydrogen-bond acceptors (Lipinski definition) is 6. The van der Waals surface area contributed by atoms with Crippen molar-refractivity contribution >= 4 is 33.3 Å². The van der Waals surface area contributed by atoms with Gasteiger partial charge in [0.2, 0.25) is 5.56 Å². The lowest BCUT2D eigenvalue weighted by Gasteiger charge is -2.28. The lowest BCUT2D eigenvalue weighted by atomic mass is 10.0. The number of hydrogen-bond donors (Lipinski definition) is 4. The maximum absolute atomic E-state index is 12.9. The number of carboxylic acid groups (broad SMARTS) is 1. The topological polar surface area (TPSA) is 140 Å². The molecule has 0 fully saturated rings. The van der Waals surface area contributed by atoms with Gasteiger partial charge in [0.1, 0.15) is 11.4 Å². The molecule has 0 spiro atoms. The minimum absolute atomic E-state index is 0.0315. The number of carboxylic acids is 1. The number of nitrogens with one attached hydrogen (secondary N) is 1. The van der Waals surface area contributed by atoms with Crippen molar-refractivity contribution in [1.29, 1.82) is 0 Å². The van der Waals surface area contributed by atoms with Crippen LogP contribution in [0.2, 0.25) is 0 Å². The summed E-state index contributed by atoms with van der Waals surface area (Å²) in [4.78, 5) is 39.9. The smallest absolute Gasteiger partial charge is 0.410 e. The zero-order valence-electron chi connectivity index (χ0n) is 22.1. The van der Waals surface area contributed by atoms with Crippen LogP contribution in [0.15, 0.2) is 53.3 Å². The molecule has 1 amide bonds. The minimum Gasteiger partial charge on any atom is -0.506 e. The molecule has 9 nitrogen and oxygen atoms in total. The van der Waals surface area contributed by atoms with Crippen LogP contribution in [-0.2, 0) is 17.7 Å². The highest BCUT2D eigenvalue weighted by molar-refractivity contribution is 8.27. The monoisotopic (exact) mass is 532 g/mol. The van der Waals surface area contributed by atoms with E-state index in [0.717, 1.165) is 5.56 Å². The molecule has 0 saturated carbocycles. The Morgan fingerprint density at radius 1 is 1.05 bits per heavy atom. The molecule has 1 heterocycles. The summed E-state index contributed by atoms with van der Waals surface area (Å²) in [5.74, 6) is -1.07. The molecule has 3 aromatic rings. The first-order chi connectivity index (χ1) is 17.0. The molecular formula is C27H36N2O7S. The molecular weight excluding hydrogens is 496 g/mol. The van der Waals surface area contributed by atoms with E-state index in [1.807, 2.05) is 18.8 Å². The second kappa shape index (κ2) is 12.2. The van der Waals surface area contributed by atoms with E-state index < -0.39 is 28.0 Å². The van der Waals surface area contributed by atoms with E-state index in [0.29, 0.717) is 22.9 Å². The van der Waals surface area contributed by atoms with Gasteiger partial charge in [-0.25, -0.2) is 9.59 Å². The van der Waals surface area contributed by atoms with Crippen molar-refractivity contribution < 1.29 is 29.1 Å². The quantitative estimate of drug-likeness (QED) is 0.348. The van der Waals surface area contributed by atoms with Crippen molar-refractivity contribution in [3.8, 4) is 5.75 Å². The van der Waals surface area contributed by atoms with E-state index in [9.17, 15) is 24.6 Å². The van der Waals surface area contributed by atoms with Crippen LogP contribution in [-0.4, -0.2) is 67.6 Å². The number of rotatable bonds is 6. The normalized spacial score (nSPS) is 11.9. The van der Waals surface area contributed by atoms with E-state index >= 15 is 0 Å². The van der Waals surface area contributed by atoms with Gasteiger partial charge in [-0.3, -0.25) is 4.79 Å². The van der Waals surface area contributed by atoms with E-state index in [2.05, 4.69) is 4.98 Å². The highest BCUT2D eigenvalue weighted by atomic mass is 32.3. The number of carbonyl (C=O) groups excluding carboxylic acids is 1. The van der Waals surface area contributed by atoms with Gasteiger partial charge < -0.3 is 29.4 Å². The fourth-order valence-corrected chi connectivity index (χ4v) is 3.35. The molecule has 0 radical (unpaired) electrons. The van der Waals surface area contributed by atoms with Crippen LogP contribution in [0.5, 0.6) is 5.75 Å². The molecule has 0 aliphatic carbocycles. The van der Waals surface area contributed by atoms with Crippen LogP contribution in [0.1, 0.15) is 42.3 Å². The molecule has 0 saturated heterocycles. The first kappa shape index (κ1) is 29.7. The molecule has 3 rings (SSSR count). The van der Waals surface area contributed by atoms with Gasteiger partial charge in [-0.15, -0.1) is 10.3 Å².